The highest BCUT2D eigenvalue weighted by Crippen LogP contribution is 3.01. The van der Waals surface area contributed by atoms with Crippen molar-refractivity contribution in [1.29, 1.82) is 0 Å². The first-order chi connectivity index (χ1) is 5.45. The standard InChI is InChI=1S/C11H10/c1-3-7-5(1)11-6(9(3)11)2-4-8(7)10(4)11/h4-6,8-10H,1-2H2. The molecule has 4 saturated carbocycles. The van der Waals surface area contributed by atoms with Gasteiger partial charge in [0.1, 0.15) is 0 Å². The van der Waals surface area contributed by atoms with Crippen molar-refractivity contribution in [2.24, 2.45) is 40.9 Å². The molecule has 1 spiro atoms. The van der Waals surface area contributed by atoms with Gasteiger partial charge in [-0.15, -0.1) is 0 Å². The van der Waals surface area contributed by atoms with Crippen molar-refractivity contribution < 1.29 is 0 Å². The molecule has 54 valence electrons. The van der Waals surface area contributed by atoms with Crippen LogP contribution >= 0.6 is 0 Å². The van der Waals surface area contributed by atoms with Gasteiger partial charge in [0.05, 0.1) is 0 Å². The van der Waals surface area contributed by atoms with Crippen LogP contribution in [0.3, 0.4) is 0 Å². The van der Waals surface area contributed by atoms with E-state index in [0.29, 0.717) is 0 Å². The minimum absolute atomic E-state index is 1.00. The highest BCUT2D eigenvalue weighted by atomic mass is 15.0. The van der Waals surface area contributed by atoms with Crippen molar-refractivity contribution in [1.82, 2.24) is 0 Å². The quantitative estimate of drug-likeness (QED) is 0.453. The number of rotatable bonds is 0. The Morgan fingerprint density at radius 3 is 3.36 bits per heavy atom. The molecule has 0 aromatic carbocycles. The molecule has 0 aliphatic heterocycles. The van der Waals surface area contributed by atoms with Gasteiger partial charge in [0, 0.05) is 0 Å². The first-order valence-electron chi connectivity index (χ1n) is 5.18. The van der Waals surface area contributed by atoms with Crippen LogP contribution in [-0.2, 0) is 0 Å². The van der Waals surface area contributed by atoms with E-state index in [1.54, 1.807) is 12.8 Å². The van der Waals surface area contributed by atoms with Gasteiger partial charge in [-0.05, 0) is 53.8 Å². The molecular formula is C11H10. The normalized spacial score (nSPS) is 87.3. The Bertz CT molecular complexity index is 377. The Hall–Kier alpha value is -0.260. The fourth-order valence-electron chi connectivity index (χ4n) is 6.36. The van der Waals surface area contributed by atoms with Crippen LogP contribution in [0.25, 0.3) is 0 Å². The maximum Gasteiger partial charge on any atom is -0.00890 e. The molecule has 0 N–H and O–H groups in total. The summed E-state index contributed by atoms with van der Waals surface area (Å²) in [5, 5.41) is 0. The van der Waals surface area contributed by atoms with E-state index in [1.807, 2.05) is 11.1 Å². The summed E-state index contributed by atoms with van der Waals surface area (Å²) in [5.74, 6) is 7.32. The van der Waals surface area contributed by atoms with Crippen LogP contribution in [0.15, 0.2) is 11.1 Å². The monoisotopic (exact) mass is 142 g/mol. The number of hydrogen-bond donors (Lipinski definition) is 0. The molecule has 7 unspecified atom stereocenters. The SMILES string of the molecule is C1C2=C3C4C5CC6C2C6(C13)C54. The summed E-state index contributed by atoms with van der Waals surface area (Å²) < 4.78 is 0. The van der Waals surface area contributed by atoms with Gasteiger partial charge in [0.2, 0.25) is 0 Å². The molecular weight excluding hydrogens is 132 g/mol. The van der Waals surface area contributed by atoms with Crippen molar-refractivity contribution in [2.75, 3.05) is 0 Å². The van der Waals surface area contributed by atoms with E-state index in [4.69, 9.17) is 0 Å². The van der Waals surface area contributed by atoms with Crippen LogP contribution in [0, 0.1) is 40.9 Å². The van der Waals surface area contributed by atoms with Gasteiger partial charge in [0.25, 0.3) is 0 Å². The first-order valence-corrected chi connectivity index (χ1v) is 5.18. The lowest BCUT2D eigenvalue weighted by Crippen LogP contribution is -2.17. The minimum Gasteiger partial charge on any atom is -0.0658 e. The molecule has 6 rings (SSSR count). The molecule has 6 aliphatic carbocycles. The van der Waals surface area contributed by atoms with E-state index in [1.165, 1.54) is 35.5 Å². The Morgan fingerprint density at radius 1 is 1.36 bits per heavy atom. The first kappa shape index (κ1) is 4.11. The largest absolute Gasteiger partial charge is 0.0658 e. The Labute approximate surface area is 65.7 Å². The summed E-state index contributed by atoms with van der Waals surface area (Å²) in [6.07, 6.45) is 3.22. The van der Waals surface area contributed by atoms with Gasteiger partial charge in [-0.25, -0.2) is 0 Å². The topological polar surface area (TPSA) is 0 Å². The third-order valence-corrected chi connectivity index (χ3v) is 6.25. The van der Waals surface area contributed by atoms with Crippen LogP contribution in [0.4, 0.5) is 0 Å². The maximum absolute atomic E-state index is 2.04. The van der Waals surface area contributed by atoms with Gasteiger partial charge in [0.15, 0.2) is 0 Å². The Kier molecular flexibility index (Phi) is 0.276. The number of fused-ring (bicyclic) bond motifs is 3. The van der Waals surface area contributed by atoms with Crippen LogP contribution in [0.2, 0.25) is 0 Å². The van der Waals surface area contributed by atoms with Crippen LogP contribution in [0.5, 0.6) is 0 Å². The molecule has 0 heterocycles. The van der Waals surface area contributed by atoms with Crippen LogP contribution < -0.4 is 0 Å². The highest BCUT2D eigenvalue weighted by molar-refractivity contribution is 5.64. The van der Waals surface area contributed by atoms with Crippen molar-refractivity contribution in [3.05, 3.63) is 11.1 Å². The Morgan fingerprint density at radius 2 is 2.36 bits per heavy atom. The molecule has 0 radical (unpaired) electrons. The zero-order valence-electron chi connectivity index (χ0n) is 6.38. The van der Waals surface area contributed by atoms with Gasteiger partial charge in [-0.1, -0.05) is 11.1 Å². The fourth-order valence-corrected chi connectivity index (χ4v) is 6.36. The molecule has 0 saturated heterocycles. The van der Waals surface area contributed by atoms with Gasteiger partial charge < -0.3 is 0 Å². The molecule has 0 heteroatoms. The van der Waals surface area contributed by atoms with Crippen molar-refractivity contribution in [2.45, 2.75) is 12.8 Å². The Balaban J connectivity index is 1.96. The number of allylic oxidation sites excluding steroid dienone is 2. The van der Waals surface area contributed by atoms with E-state index in [0.717, 1.165) is 5.41 Å². The molecule has 6 aliphatic rings. The van der Waals surface area contributed by atoms with E-state index in [9.17, 15) is 0 Å². The smallest absolute Gasteiger partial charge is 0.00890 e. The maximum atomic E-state index is 2.04. The summed E-state index contributed by atoms with van der Waals surface area (Å²) in [7, 11) is 0. The predicted molar refractivity (Wildman–Crippen MR) is 39.6 cm³/mol. The second-order valence-electron chi connectivity index (χ2n) is 5.77. The molecule has 0 amide bonds. The zero-order valence-corrected chi connectivity index (χ0v) is 6.38. The second-order valence-corrected chi connectivity index (χ2v) is 5.77. The van der Waals surface area contributed by atoms with Crippen LogP contribution in [0.1, 0.15) is 12.8 Å². The van der Waals surface area contributed by atoms with Gasteiger partial charge in [-0.3, -0.25) is 0 Å². The average Bonchev–Trinajstić information content (AvgIpc) is 2.68. The van der Waals surface area contributed by atoms with E-state index in [-0.39, 0.29) is 0 Å². The lowest BCUT2D eigenvalue weighted by Gasteiger charge is -2.27. The third kappa shape index (κ3) is 0.163. The summed E-state index contributed by atoms with van der Waals surface area (Å²) in [6, 6.07) is 0. The summed E-state index contributed by atoms with van der Waals surface area (Å²) in [5.41, 5.74) is 5.04. The fraction of sp³-hybridized carbons (Fsp3) is 0.818. The van der Waals surface area contributed by atoms with Crippen molar-refractivity contribution >= 4 is 0 Å². The van der Waals surface area contributed by atoms with E-state index in [2.05, 4.69) is 0 Å². The molecule has 4 bridgehead atoms. The molecule has 0 aromatic rings. The van der Waals surface area contributed by atoms with Crippen molar-refractivity contribution in [3.63, 3.8) is 0 Å². The predicted octanol–water partition coefficient (Wildman–Crippen LogP) is 1.83. The van der Waals surface area contributed by atoms with Crippen molar-refractivity contribution in [3.8, 4) is 0 Å². The summed E-state index contributed by atoms with van der Waals surface area (Å²) in [4.78, 5) is 0. The van der Waals surface area contributed by atoms with Gasteiger partial charge >= 0.3 is 0 Å². The van der Waals surface area contributed by atoms with Crippen LogP contribution in [-0.4, -0.2) is 0 Å². The third-order valence-electron chi connectivity index (χ3n) is 6.25. The lowest BCUT2D eigenvalue weighted by atomic mass is 9.78. The summed E-state index contributed by atoms with van der Waals surface area (Å²) in [6.45, 7) is 0. The average molecular weight is 142 g/mol. The molecule has 11 heavy (non-hydrogen) atoms. The highest BCUT2D eigenvalue weighted by Gasteiger charge is 2.96. The number of hydrogen-bond acceptors (Lipinski definition) is 0. The minimum atomic E-state index is 1.00. The van der Waals surface area contributed by atoms with Gasteiger partial charge in [-0.2, -0.15) is 0 Å². The zero-order chi connectivity index (χ0) is 6.53. The molecule has 4 fully saturated rings. The second kappa shape index (κ2) is 0.739. The molecule has 7 atom stereocenters. The molecule has 0 aromatic heterocycles. The van der Waals surface area contributed by atoms with E-state index < -0.39 is 0 Å². The molecule has 0 nitrogen and oxygen atoms in total. The summed E-state index contributed by atoms with van der Waals surface area (Å²) >= 11 is 0. The van der Waals surface area contributed by atoms with E-state index >= 15 is 0 Å². The lowest BCUT2D eigenvalue weighted by molar-refractivity contribution is 0.354.